The van der Waals surface area contributed by atoms with E-state index in [4.69, 9.17) is 15.1 Å². The molecule has 1 saturated carbocycles. The van der Waals surface area contributed by atoms with Crippen LogP contribution in [0.3, 0.4) is 0 Å². The zero-order valence-electron chi connectivity index (χ0n) is 24.1. The van der Waals surface area contributed by atoms with Crippen molar-refractivity contribution in [1.82, 2.24) is 19.9 Å². The largest absolute Gasteiger partial charge is 0.489 e. The highest BCUT2D eigenvalue weighted by molar-refractivity contribution is 6.10. The molecular weight excluding hydrogens is 488 g/mol. The van der Waals surface area contributed by atoms with Gasteiger partial charge in [-0.25, -0.2) is 4.99 Å². The first-order valence-corrected chi connectivity index (χ1v) is 14.0. The molecule has 1 amide bonds. The standard InChI is InChI=1S/C31H42N6O2/c1-20(2)30-36-35-28-16-15-25(19-37(28)30)39-24-13-9-22(10-14-24)17-29(38)34-27(18-26(32)31(4,5)6)33-23-11-7-21(3)8-12-23/h7-8,11-12,15-16,19-20,22,24,32H,9-10,13-14,17-18H2,1-6H3,(H,33,34,38). The Kier molecular flexibility index (Phi) is 8.83. The number of ether oxygens (including phenoxy) is 1. The van der Waals surface area contributed by atoms with Crippen LogP contribution in [0.25, 0.3) is 5.65 Å². The molecule has 8 heteroatoms. The molecule has 0 radical (unpaired) electrons. The van der Waals surface area contributed by atoms with Crippen LogP contribution in [0.2, 0.25) is 0 Å². The van der Waals surface area contributed by atoms with Crippen molar-refractivity contribution in [2.75, 3.05) is 0 Å². The van der Waals surface area contributed by atoms with Gasteiger partial charge in [-0.3, -0.25) is 9.20 Å². The van der Waals surface area contributed by atoms with Gasteiger partial charge in [0.2, 0.25) is 5.91 Å². The molecule has 3 aromatic rings. The van der Waals surface area contributed by atoms with Crippen molar-refractivity contribution in [3.8, 4) is 5.75 Å². The molecule has 208 valence electrons. The molecule has 0 saturated heterocycles. The van der Waals surface area contributed by atoms with Crippen molar-refractivity contribution in [2.24, 2.45) is 16.3 Å². The summed E-state index contributed by atoms with van der Waals surface area (Å²) in [5.41, 5.74) is 3.01. The van der Waals surface area contributed by atoms with Gasteiger partial charge in [0, 0.05) is 24.5 Å². The Labute approximate surface area is 231 Å². The number of aryl methyl sites for hydroxylation is 1. The minimum Gasteiger partial charge on any atom is -0.489 e. The van der Waals surface area contributed by atoms with Gasteiger partial charge in [0.25, 0.3) is 0 Å². The summed E-state index contributed by atoms with van der Waals surface area (Å²) in [7, 11) is 0. The molecule has 1 aliphatic carbocycles. The Bertz CT molecular complexity index is 1330. The summed E-state index contributed by atoms with van der Waals surface area (Å²) in [6.07, 6.45) is 6.58. The molecule has 0 bridgehead atoms. The van der Waals surface area contributed by atoms with Crippen molar-refractivity contribution < 1.29 is 9.53 Å². The number of amidine groups is 1. The molecule has 0 atom stereocenters. The Hall–Kier alpha value is -3.55. The monoisotopic (exact) mass is 530 g/mol. The van der Waals surface area contributed by atoms with Crippen molar-refractivity contribution in [1.29, 1.82) is 5.41 Å². The van der Waals surface area contributed by atoms with E-state index in [0.717, 1.165) is 54.2 Å². The Morgan fingerprint density at radius 3 is 2.44 bits per heavy atom. The quantitative estimate of drug-likeness (QED) is 0.247. The van der Waals surface area contributed by atoms with Crippen molar-refractivity contribution in [3.63, 3.8) is 0 Å². The van der Waals surface area contributed by atoms with E-state index in [9.17, 15) is 4.79 Å². The summed E-state index contributed by atoms with van der Waals surface area (Å²) in [6.45, 7) is 12.3. The first-order chi connectivity index (χ1) is 18.5. The predicted octanol–water partition coefficient (Wildman–Crippen LogP) is 6.79. The van der Waals surface area contributed by atoms with Crippen LogP contribution in [-0.4, -0.2) is 38.2 Å². The number of pyridine rings is 1. The number of nitrogens with zero attached hydrogens (tertiary/aromatic N) is 4. The highest BCUT2D eigenvalue weighted by Crippen LogP contribution is 2.30. The molecule has 1 aromatic carbocycles. The molecule has 0 unspecified atom stereocenters. The molecule has 0 aliphatic heterocycles. The Morgan fingerprint density at radius 1 is 1.10 bits per heavy atom. The number of aromatic nitrogens is 3. The maximum atomic E-state index is 13.0. The van der Waals surface area contributed by atoms with E-state index in [1.165, 1.54) is 0 Å². The molecule has 4 rings (SSSR count). The van der Waals surface area contributed by atoms with Crippen molar-refractivity contribution in [2.45, 2.75) is 92.1 Å². The highest BCUT2D eigenvalue weighted by atomic mass is 16.5. The van der Waals surface area contributed by atoms with Crippen molar-refractivity contribution in [3.05, 3.63) is 54.0 Å². The van der Waals surface area contributed by atoms with Gasteiger partial charge in [0.05, 0.1) is 18.0 Å². The number of rotatable bonds is 8. The number of hydrogen-bond acceptors (Lipinski definition) is 6. The lowest BCUT2D eigenvalue weighted by atomic mass is 9.85. The van der Waals surface area contributed by atoms with Crippen LogP contribution in [0, 0.1) is 23.7 Å². The summed E-state index contributed by atoms with van der Waals surface area (Å²) >= 11 is 0. The lowest BCUT2D eigenvalue weighted by Gasteiger charge is -2.29. The van der Waals surface area contributed by atoms with Crippen LogP contribution in [0.5, 0.6) is 5.75 Å². The van der Waals surface area contributed by atoms with E-state index >= 15 is 0 Å². The number of aliphatic imine (C=N–C) groups is 1. The summed E-state index contributed by atoms with van der Waals surface area (Å²) in [5, 5.41) is 20.1. The number of carbonyl (C=O) groups excluding carboxylic acids is 1. The summed E-state index contributed by atoms with van der Waals surface area (Å²) in [6, 6.07) is 11.8. The lowest BCUT2D eigenvalue weighted by molar-refractivity contribution is -0.121. The second-order valence-corrected chi connectivity index (χ2v) is 12.1. The topological polar surface area (TPSA) is 105 Å². The first-order valence-electron chi connectivity index (χ1n) is 14.0. The molecular formula is C31H42N6O2. The maximum Gasteiger partial charge on any atom is 0.225 e. The smallest absolute Gasteiger partial charge is 0.225 e. The minimum atomic E-state index is -0.285. The van der Waals surface area contributed by atoms with Crippen LogP contribution in [0.4, 0.5) is 5.69 Å². The van der Waals surface area contributed by atoms with Crippen LogP contribution in [-0.2, 0) is 4.79 Å². The van der Waals surface area contributed by atoms with Gasteiger partial charge in [0.1, 0.15) is 17.4 Å². The second kappa shape index (κ2) is 12.1. The number of amides is 1. The van der Waals surface area contributed by atoms with Gasteiger partial charge in [-0.05, 0) is 68.2 Å². The van der Waals surface area contributed by atoms with E-state index in [1.54, 1.807) is 0 Å². The van der Waals surface area contributed by atoms with Gasteiger partial charge < -0.3 is 15.5 Å². The maximum absolute atomic E-state index is 13.0. The fourth-order valence-corrected chi connectivity index (χ4v) is 4.79. The Morgan fingerprint density at radius 2 is 1.79 bits per heavy atom. The van der Waals surface area contributed by atoms with E-state index in [1.807, 2.05) is 74.7 Å². The van der Waals surface area contributed by atoms with E-state index < -0.39 is 0 Å². The zero-order valence-corrected chi connectivity index (χ0v) is 24.1. The molecule has 2 aromatic heterocycles. The Balaban J connectivity index is 1.33. The molecule has 1 fully saturated rings. The predicted molar refractivity (Wildman–Crippen MR) is 156 cm³/mol. The van der Waals surface area contributed by atoms with Gasteiger partial charge in [-0.2, -0.15) is 0 Å². The third-order valence-corrected chi connectivity index (χ3v) is 7.32. The number of hydrogen-bond donors (Lipinski definition) is 2. The van der Waals surface area contributed by atoms with E-state index in [0.29, 0.717) is 30.3 Å². The number of nitrogens with one attached hydrogen (secondary N) is 2. The van der Waals surface area contributed by atoms with E-state index in [2.05, 4.69) is 29.4 Å². The van der Waals surface area contributed by atoms with Gasteiger partial charge in [-0.1, -0.05) is 52.3 Å². The fraction of sp³-hybridized carbons (Fsp3) is 0.516. The van der Waals surface area contributed by atoms with Crippen LogP contribution in [0.15, 0.2) is 47.6 Å². The average Bonchev–Trinajstić information content (AvgIpc) is 3.29. The van der Waals surface area contributed by atoms with Gasteiger partial charge in [0.15, 0.2) is 5.65 Å². The third kappa shape index (κ3) is 7.74. The average molecular weight is 531 g/mol. The SMILES string of the molecule is Cc1ccc(N=C(CC(=N)C(C)(C)C)NC(=O)CC2CCC(Oc3ccc4nnc(C(C)C)n4c3)CC2)cc1. The highest BCUT2D eigenvalue weighted by Gasteiger charge is 2.26. The minimum absolute atomic E-state index is 0.0359. The molecule has 8 nitrogen and oxygen atoms in total. The summed E-state index contributed by atoms with van der Waals surface area (Å²) in [5.74, 6) is 2.83. The molecule has 0 spiro atoms. The van der Waals surface area contributed by atoms with Crippen LogP contribution in [0.1, 0.15) is 90.4 Å². The number of fused-ring (bicyclic) bond motifs is 1. The summed E-state index contributed by atoms with van der Waals surface area (Å²) in [4.78, 5) is 17.7. The molecule has 1 aliphatic rings. The van der Waals surface area contributed by atoms with Crippen LogP contribution >= 0.6 is 0 Å². The second-order valence-electron chi connectivity index (χ2n) is 12.1. The fourth-order valence-electron chi connectivity index (χ4n) is 4.79. The molecule has 2 heterocycles. The molecule has 2 N–H and O–H groups in total. The third-order valence-electron chi connectivity index (χ3n) is 7.32. The van der Waals surface area contributed by atoms with Gasteiger partial charge in [-0.15, -0.1) is 10.2 Å². The van der Waals surface area contributed by atoms with E-state index in [-0.39, 0.29) is 23.3 Å². The first kappa shape index (κ1) is 28.5. The number of carbonyl (C=O) groups is 1. The molecule has 39 heavy (non-hydrogen) atoms. The zero-order chi connectivity index (χ0) is 28.2. The normalized spacial score (nSPS) is 18.4. The van der Waals surface area contributed by atoms with Crippen LogP contribution < -0.4 is 10.1 Å². The van der Waals surface area contributed by atoms with Gasteiger partial charge >= 0.3 is 0 Å². The van der Waals surface area contributed by atoms with Crippen molar-refractivity contribution >= 4 is 28.8 Å². The number of benzene rings is 1. The summed E-state index contributed by atoms with van der Waals surface area (Å²) < 4.78 is 8.32. The lowest BCUT2D eigenvalue weighted by Crippen LogP contribution is -2.36.